The second-order valence-electron chi connectivity index (χ2n) is 7.60. The van der Waals surface area contributed by atoms with Crippen LogP contribution in [-0.4, -0.2) is 24.0 Å². The molecule has 0 saturated heterocycles. The molecule has 1 aromatic heterocycles. The Labute approximate surface area is 193 Å². The standard InChI is InChI=1S/C28H27NO4/c1-3-5-18-32-23-16-12-21(13-17-23)27(30)24(19-20-10-14-22(15-11-20)31-4-2)28-29-25-8-6-7-9-26(25)33-28/h6-17,19H,3-5,18H2,1-2H3/b24-19-. The lowest BCUT2D eigenvalue weighted by molar-refractivity contribution is 0.105. The molecule has 0 fully saturated rings. The maximum absolute atomic E-state index is 13.5. The molecule has 0 aliphatic heterocycles. The molecule has 0 bridgehead atoms. The number of ether oxygens (including phenoxy) is 2. The molecule has 4 rings (SSSR count). The first-order valence-electron chi connectivity index (χ1n) is 11.3. The molecule has 5 heteroatoms. The fourth-order valence-corrected chi connectivity index (χ4v) is 3.40. The topological polar surface area (TPSA) is 61.6 Å². The number of hydrogen-bond donors (Lipinski definition) is 0. The van der Waals surface area contributed by atoms with Crippen LogP contribution in [0.15, 0.2) is 77.2 Å². The van der Waals surface area contributed by atoms with E-state index in [2.05, 4.69) is 11.9 Å². The molecule has 3 aromatic carbocycles. The van der Waals surface area contributed by atoms with Crippen LogP contribution in [0.5, 0.6) is 11.5 Å². The van der Waals surface area contributed by atoms with Gasteiger partial charge in [-0.15, -0.1) is 0 Å². The summed E-state index contributed by atoms with van der Waals surface area (Å²) in [7, 11) is 0. The summed E-state index contributed by atoms with van der Waals surface area (Å²) in [4.78, 5) is 18.1. The summed E-state index contributed by atoms with van der Waals surface area (Å²) < 4.78 is 17.2. The van der Waals surface area contributed by atoms with Crippen molar-refractivity contribution in [1.29, 1.82) is 0 Å². The van der Waals surface area contributed by atoms with Crippen LogP contribution in [0.1, 0.15) is 48.5 Å². The smallest absolute Gasteiger partial charge is 0.231 e. The quantitative estimate of drug-likeness (QED) is 0.153. The lowest BCUT2D eigenvalue weighted by atomic mass is 10.0. The fraction of sp³-hybridized carbons (Fsp3) is 0.214. The van der Waals surface area contributed by atoms with Gasteiger partial charge in [0.1, 0.15) is 17.0 Å². The molecule has 0 saturated carbocycles. The number of unbranched alkanes of at least 4 members (excludes halogenated alkanes) is 1. The van der Waals surface area contributed by atoms with Gasteiger partial charge in [0.25, 0.3) is 0 Å². The zero-order valence-electron chi connectivity index (χ0n) is 18.9. The maximum atomic E-state index is 13.5. The van der Waals surface area contributed by atoms with Crippen molar-refractivity contribution in [3.8, 4) is 11.5 Å². The average molecular weight is 442 g/mol. The predicted molar refractivity (Wildman–Crippen MR) is 131 cm³/mol. The number of Topliss-reactive ketones (excluding diaryl/α,β-unsaturated/α-hetero) is 1. The summed E-state index contributed by atoms with van der Waals surface area (Å²) >= 11 is 0. The van der Waals surface area contributed by atoms with Gasteiger partial charge < -0.3 is 13.9 Å². The minimum absolute atomic E-state index is 0.171. The van der Waals surface area contributed by atoms with Crippen molar-refractivity contribution < 1.29 is 18.7 Å². The molecule has 1 heterocycles. The van der Waals surface area contributed by atoms with Crippen LogP contribution >= 0.6 is 0 Å². The van der Waals surface area contributed by atoms with E-state index in [1.165, 1.54) is 0 Å². The number of carbonyl (C=O) groups excluding carboxylic acids is 1. The molecule has 0 atom stereocenters. The normalized spacial score (nSPS) is 11.5. The van der Waals surface area contributed by atoms with E-state index in [0.717, 1.165) is 29.9 Å². The fourth-order valence-electron chi connectivity index (χ4n) is 3.40. The van der Waals surface area contributed by atoms with Crippen molar-refractivity contribution in [3.63, 3.8) is 0 Å². The molecule has 4 aromatic rings. The van der Waals surface area contributed by atoms with Gasteiger partial charge in [0, 0.05) is 5.56 Å². The zero-order chi connectivity index (χ0) is 23.0. The summed E-state index contributed by atoms with van der Waals surface area (Å²) in [5, 5.41) is 0. The van der Waals surface area contributed by atoms with Gasteiger partial charge in [-0.3, -0.25) is 4.79 Å². The molecule has 0 N–H and O–H groups in total. The Bertz CT molecular complexity index is 1200. The second kappa shape index (κ2) is 10.6. The van der Waals surface area contributed by atoms with E-state index >= 15 is 0 Å². The van der Waals surface area contributed by atoms with Crippen molar-refractivity contribution in [2.75, 3.05) is 13.2 Å². The van der Waals surface area contributed by atoms with E-state index in [4.69, 9.17) is 13.9 Å². The lowest BCUT2D eigenvalue weighted by Crippen LogP contribution is -2.04. The highest BCUT2D eigenvalue weighted by Gasteiger charge is 2.20. The molecule has 5 nitrogen and oxygen atoms in total. The molecule has 0 spiro atoms. The van der Waals surface area contributed by atoms with Crippen LogP contribution in [-0.2, 0) is 0 Å². The van der Waals surface area contributed by atoms with Gasteiger partial charge in [0.15, 0.2) is 11.4 Å². The van der Waals surface area contributed by atoms with Gasteiger partial charge >= 0.3 is 0 Å². The number of aromatic nitrogens is 1. The molecule has 0 radical (unpaired) electrons. The summed E-state index contributed by atoms with van der Waals surface area (Å²) in [6.45, 7) is 5.32. The highest BCUT2D eigenvalue weighted by Crippen LogP contribution is 2.27. The molecule has 33 heavy (non-hydrogen) atoms. The largest absolute Gasteiger partial charge is 0.494 e. The number of carbonyl (C=O) groups is 1. The molecular weight excluding hydrogens is 414 g/mol. The van der Waals surface area contributed by atoms with E-state index < -0.39 is 0 Å². The third-order valence-corrected chi connectivity index (χ3v) is 5.15. The third kappa shape index (κ3) is 5.50. The molecule has 0 amide bonds. The van der Waals surface area contributed by atoms with Gasteiger partial charge in [0.05, 0.1) is 18.8 Å². The van der Waals surface area contributed by atoms with Crippen LogP contribution in [0.2, 0.25) is 0 Å². The van der Waals surface area contributed by atoms with Gasteiger partial charge in [0.2, 0.25) is 5.89 Å². The molecule has 0 unspecified atom stereocenters. The molecule has 0 aliphatic carbocycles. The number of rotatable bonds is 10. The van der Waals surface area contributed by atoms with Crippen molar-refractivity contribution in [2.45, 2.75) is 26.7 Å². The Morgan fingerprint density at radius 1 is 0.909 bits per heavy atom. The number of allylic oxidation sites excluding steroid dienone is 1. The first-order chi connectivity index (χ1) is 16.2. The van der Waals surface area contributed by atoms with Gasteiger partial charge in [-0.05, 0) is 73.5 Å². The average Bonchev–Trinajstić information content (AvgIpc) is 3.28. The van der Waals surface area contributed by atoms with Crippen molar-refractivity contribution >= 4 is 28.5 Å². The Morgan fingerprint density at radius 2 is 1.61 bits per heavy atom. The van der Waals surface area contributed by atoms with E-state index in [0.29, 0.717) is 41.3 Å². The summed E-state index contributed by atoms with van der Waals surface area (Å²) in [5.74, 6) is 1.65. The monoisotopic (exact) mass is 441 g/mol. The summed E-state index contributed by atoms with van der Waals surface area (Å²) in [6.07, 6.45) is 3.86. The van der Waals surface area contributed by atoms with E-state index in [1.54, 1.807) is 18.2 Å². The van der Waals surface area contributed by atoms with E-state index in [9.17, 15) is 4.79 Å². The van der Waals surface area contributed by atoms with E-state index in [1.807, 2.05) is 67.6 Å². The van der Waals surface area contributed by atoms with Crippen LogP contribution < -0.4 is 9.47 Å². The third-order valence-electron chi connectivity index (χ3n) is 5.15. The zero-order valence-corrected chi connectivity index (χ0v) is 18.9. The predicted octanol–water partition coefficient (Wildman–Crippen LogP) is 6.83. The van der Waals surface area contributed by atoms with Gasteiger partial charge in [-0.1, -0.05) is 37.6 Å². The first-order valence-corrected chi connectivity index (χ1v) is 11.3. The Morgan fingerprint density at radius 3 is 2.30 bits per heavy atom. The first kappa shape index (κ1) is 22.3. The number of oxazole rings is 1. The lowest BCUT2D eigenvalue weighted by Gasteiger charge is -2.08. The number of fused-ring (bicyclic) bond motifs is 1. The highest BCUT2D eigenvalue weighted by molar-refractivity contribution is 6.31. The van der Waals surface area contributed by atoms with Crippen molar-refractivity contribution in [1.82, 2.24) is 4.98 Å². The number of ketones is 1. The second-order valence-corrected chi connectivity index (χ2v) is 7.60. The summed E-state index contributed by atoms with van der Waals surface area (Å²) in [6, 6.07) is 22.3. The minimum atomic E-state index is -0.171. The maximum Gasteiger partial charge on any atom is 0.231 e. The Kier molecular flexibility index (Phi) is 7.20. The number of benzene rings is 3. The molecule has 168 valence electrons. The number of nitrogens with zero attached hydrogens (tertiary/aromatic N) is 1. The summed E-state index contributed by atoms with van der Waals surface area (Å²) in [5.41, 5.74) is 3.12. The Balaban J connectivity index is 1.68. The van der Waals surface area contributed by atoms with Crippen molar-refractivity contribution in [3.05, 3.63) is 89.8 Å². The van der Waals surface area contributed by atoms with Crippen LogP contribution in [0.4, 0.5) is 0 Å². The number of hydrogen-bond acceptors (Lipinski definition) is 5. The van der Waals surface area contributed by atoms with Crippen molar-refractivity contribution in [2.24, 2.45) is 0 Å². The molecular formula is C28H27NO4. The van der Waals surface area contributed by atoms with Gasteiger partial charge in [-0.2, -0.15) is 0 Å². The molecule has 0 aliphatic rings. The highest BCUT2D eigenvalue weighted by atomic mass is 16.5. The Hall–Kier alpha value is -3.86. The number of para-hydroxylation sites is 2. The van der Waals surface area contributed by atoms with Gasteiger partial charge in [-0.25, -0.2) is 4.98 Å². The van der Waals surface area contributed by atoms with Crippen LogP contribution in [0.3, 0.4) is 0 Å². The minimum Gasteiger partial charge on any atom is -0.494 e. The SMILES string of the molecule is CCCCOc1ccc(C(=O)/C(=C/c2ccc(OCC)cc2)c2nc3ccccc3o2)cc1. The van der Waals surface area contributed by atoms with Crippen LogP contribution in [0.25, 0.3) is 22.7 Å². The van der Waals surface area contributed by atoms with Crippen LogP contribution in [0, 0.1) is 0 Å². The van der Waals surface area contributed by atoms with E-state index in [-0.39, 0.29) is 5.78 Å².